The van der Waals surface area contributed by atoms with E-state index in [9.17, 15) is 18.0 Å². The van der Waals surface area contributed by atoms with E-state index in [4.69, 9.17) is 5.73 Å². The monoisotopic (exact) mass is 198 g/mol. The van der Waals surface area contributed by atoms with Crippen molar-refractivity contribution >= 4 is 5.91 Å². The van der Waals surface area contributed by atoms with Crippen LogP contribution < -0.4 is 5.73 Å². The molecule has 0 rings (SSSR count). The molecule has 1 amide bonds. The number of halogens is 3. The molecule has 13 heavy (non-hydrogen) atoms. The van der Waals surface area contributed by atoms with E-state index >= 15 is 0 Å². The van der Waals surface area contributed by atoms with Crippen LogP contribution in [0.25, 0.3) is 0 Å². The van der Waals surface area contributed by atoms with E-state index in [1.165, 1.54) is 6.92 Å². The van der Waals surface area contributed by atoms with Crippen LogP contribution >= 0.6 is 0 Å². The summed E-state index contributed by atoms with van der Waals surface area (Å²) < 4.78 is 35.7. The molecule has 0 saturated heterocycles. The van der Waals surface area contributed by atoms with E-state index < -0.39 is 12.1 Å². The van der Waals surface area contributed by atoms with Gasteiger partial charge in [-0.15, -0.1) is 0 Å². The molecule has 78 valence electrons. The quantitative estimate of drug-likeness (QED) is 0.724. The number of nitrogens with two attached hydrogens (primary N) is 1. The molecule has 0 unspecified atom stereocenters. The highest BCUT2D eigenvalue weighted by molar-refractivity contribution is 5.81. The van der Waals surface area contributed by atoms with E-state index in [0.29, 0.717) is 6.42 Å². The zero-order valence-corrected chi connectivity index (χ0v) is 7.40. The van der Waals surface area contributed by atoms with Crippen LogP contribution in [0.15, 0.2) is 0 Å². The summed E-state index contributed by atoms with van der Waals surface area (Å²) in [6, 6.07) is 0. The average molecular weight is 198 g/mol. The van der Waals surface area contributed by atoms with Gasteiger partial charge in [0.2, 0.25) is 0 Å². The molecule has 2 N–H and O–H groups in total. The molecule has 0 heterocycles. The van der Waals surface area contributed by atoms with Crippen molar-refractivity contribution in [1.29, 1.82) is 0 Å². The summed E-state index contributed by atoms with van der Waals surface area (Å²) in [4.78, 5) is 11.4. The van der Waals surface area contributed by atoms with Gasteiger partial charge in [0.05, 0.1) is 0 Å². The zero-order chi connectivity index (χ0) is 10.5. The first-order chi connectivity index (χ1) is 5.93. The Morgan fingerprint density at radius 1 is 1.46 bits per heavy atom. The molecule has 0 aromatic heterocycles. The van der Waals surface area contributed by atoms with Gasteiger partial charge in [-0.05, 0) is 19.9 Å². The van der Waals surface area contributed by atoms with Gasteiger partial charge in [0.25, 0.3) is 0 Å². The number of rotatable bonds is 4. The Labute approximate surface area is 74.7 Å². The SMILES string of the molecule is CCN(CCCN)C(=O)C(F)(F)F. The van der Waals surface area contributed by atoms with Gasteiger partial charge in [-0.3, -0.25) is 4.79 Å². The Morgan fingerprint density at radius 2 is 2.00 bits per heavy atom. The molecule has 0 aliphatic rings. The number of alkyl halides is 3. The second-order valence-corrected chi connectivity index (χ2v) is 2.52. The van der Waals surface area contributed by atoms with Crippen LogP contribution in [0.5, 0.6) is 0 Å². The fourth-order valence-electron chi connectivity index (χ4n) is 0.865. The average Bonchev–Trinajstić information content (AvgIpc) is 2.04. The van der Waals surface area contributed by atoms with Gasteiger partial charge in [-0.25, -0.2) is 0 Å². The molecule has 0 fully saturated rings. The fourth-order valence-corrected chi connectivity index (χ4v) is 0.865. The fraction of sp³-hybridized carbons (Fsp3) is 0.857. The molecule has 0 radical (unpaired) electrons. The Morgan fingerprint density at radius 3 is 2.31 bits per heavy atom. The largest absolute Gasteiger partial charge is 0.471 e. The van der Waals surface area contributed by atoms with Gasteiger partial charge in [0.15, 0.2) is 0 Å². The van der Waals surface area contributed by atoms with Gasteiger partial charge in [-0.2, -0.15) is 13.2 Å². The van der Waals surface area contributed by atoms with Crippen molar-refractivity contribution in [3.63, 3.8) is 0 Å². The first-order valence-corrected chi connectivity index (χ1v) is 3.99. The molecule has 6 heteroatoms. The number of nitrogens with zero attached hydrogens (tertiary/aromatic N) is 1. The normalized spacial score (nSPS) is 11.5. The lowest BCUT2D eigenvalue weighted by Crippen LogP contribution is -2.41. The first kappa shape index (κ1) is 12.2. The minimum atomic E-state index is -4.77. The van der Waals surface area contributed by atoms with Crippen LogP contribution in [0.3, 0.4) is 0 Å². The molecule has 3 nitrogen and oxygen atoms in total. The summed E-state index contributed by atoms with van der Waals surface area (Å²) >= 11 is 0. The van der Waals surface area contributed by atoms with Crippen molar-refractivity contribution < 1.29 is 18.0 Å². The highest BCUT2D eigenvalue weighted by atomic mass is 19.4. The van der Waals surface area contributed by atoms with Gasteiger partial charge < -0.3 is 10.6 Å². The smallest absolute Gasteiger partial charge is 0.335 e. The third kappa shape index (κ3) is 4.12. The maximum Gasteiger partial charge on any atom is 0.471 e. The molecule has 0 aliphatic heterocycles. The Kier molecular flexibility index (Phi) is 4.76. The second-order valence-electron chi connectivity index (χ2n) is 2.52. The number of hydrogen-bond acceptors (Lipinski definition) is 2. The molecular weight excluding hydrogens is 185 g/mol. The maximum atomic E-state index is 11.9. The highest BCUT2D eigenvalue weighted by Crippen LogP contribution is 2.18. The summed E-state index contributed by atoms with van der Waals surface area (Å²) in [5.74, 6) is -1.79. The van der Waals surface area contributed by atoms with Gasteiger partial charge >= 0.3 is 12.1 Å². The highest BCUT2D eigenvalue weighted by Gasteiger charge is 2.41. The second kappa shape index (κ2) is 5.06. The van der Waals surface area contributed by atoms with Crippen molar-refractivity contribution in [2.45, 2.75) is 19.5 Å². The van der Waals surface area contributed by atoms with Gasteiger partial charge in [0.1, 0.15) is 0 Å². The first-order valence-electron chi connectivity index (χ1n) is 3.99. The Balaban J connectivity index is 4.16. The minimum Gasteiger partial charge on any atom is -0.335 e. The van der Waals surface area contributed by atoms with Crippen LogP contribution in [-0.4, -0.2) is 36.6 Å². The lowest BCUT2D eigenvalue weighted by atomic mass is 10.3. The lowest BCUT2D eigenvalue weighted by molar-refractivity contribution is -0.185. The molecule has 0 saturated carbocycles. The van der Waals surface area contributed by atoms with E-state index in [0.717, 1.165) is 4.90 Å². The van der Waals surface area contributed by atoms with Crippen molar-refractivity contribution in [2.24, 2.45) is 5.73 Å². The van der Waals surface area contributed by atoms with Gasteiger partial charge in [-0.1, -0.05) is 0 Å². The van der Waals surface area contributed by atoms with Gasteiger partial charge in [0, 0.05) is 13.1 Å². The third-order valence-corrected chi connectivity index (χ3v) is 1.54. The standard InChI is InChI=1S/C7H13F3N2O/c1-2-12(5-3-4-11)6(13)7(8,9)10/h2-5,11H2,1H3. The van der Waals surface area contributed by atoms with Crippen LogP contribution in [0.2, 0.25) is 0 Å². The van der Waals surface area contributed by atoms with Crippen molar-refractivity contribution in [3.8, 4) is 0 Å². The molecule has 0 atom stereocenters. The molecule has 0 spiro atoms. The van der Waals surface area contributed by atoms with E-state index in [-0.39, 0.29) is 19.6 Å². The topological polar surface area (TPSA) is 46.3 Å². The summed E-state index contributed by atoms with van der Waals surface area (Å²) in [6.45, 7) is 1.89. The molecular formula is C7H13F3N2O. The Hall–Kier alpha value is -0.780. The molecule has 0 aliphatic carbocycles. The molecule has 0 aromatic rings. The number of hydrogen-bond donors (Lipinski definition) is 1. The Bertz CT molecular complexity index is 170. The number of carbonyl (C=O) groups excluding carboxylic acids is 1. The van der Waals surface area contributed by atoms with Crippen molar-refractivity contribution in [2.75, 3.05) is 19.6 Å². The molecule has 0 bridgehead atoms. The summed E-state index contributed by atoms with van der Waals surface area (Å²) in [6.07, 6.45) is -4.39. The third-order valence-electron chi connectivity index (χ3n) is 1.54. The van der Waals surface area contributed by atoms with Crippen molar-refractivity contribution in [1.82, 2.24) is 4.90 Å². The maximum absolute atomic E-state index is 11.9. The number of amides is 1. The minimum absolute atomic E-state index is 0.0539. The summed E-state index contributed by atoms with van der Waals surface area (Å²) in [5, 5.41) is 0. The van der Waals surface area contributed by atoms with E-state index in [1.807, 2.05) is 0 Å². The lowest BCUT2D eigenvalue weighted by Gasteiger charge is -2.21. The summed E-state index contributed by atoms with van der Waals surface area (Å²) in [7, 11) is 0. The zero-order valence-electron chi connectivity index (χ0n) is 7.40. The van der Waals surface area contributed by atoms with E-state index in [2.05, 4.69) is 0 Å². The van der Waals surface area contributed by atoms with Crippen LogP contribution in [-0.2, 0) is 4.79 Å². The predicted molar refractivity (Wildman–Crippen MR) is 42.0 cm³/mol. The number of carbonyl (C=O) groups is 1. The summed E-state index contributed by atoms with van der Waals surface area (Å²) in [5.41, 5.74) is 5.12. The van der Waals surface area contributed by atoms with Crippen LogP contribution in [0.1, 0.15) is 13.3 Å². The van der Waals surface area contributed by atoms with E-state index in [1.54, 1.807) is 0 Å². The molecule has 0 aromatic carbocycles. The van der Waals surface area contributed by atoms with Crippen molar-refractivity contribution in [3.05, 3.63) is 0 Å². The van der Waals surface area contributed by atoms with Crippen LogP contribution in [0, 0.1) is 0 Å². The van der Waals surface area contributed by atoms with Crippen LogP contribution in [0.4, 0.5) is 13.2 Å². The predicted octanol–water partition coefficient (Wildman–Crippen LogP) is 0.746.